The van der Waals surface area contributed by atoms with Crippen molar-refractivity contribution in [3.63, 3.8) is 0 Å². The van der Waals surface area contributed by atoms with Gasteiger partial charge in [0, 0.05) is 42.8 Å². The third kappa shape index (κ3) is 3.36. The summed E-state index contributed by atoms with van der Waals surface area (Å²) in [5.74, 6) is -0.00973. The second-order valence-electron chi connectivity index (χ2n) is 8.96. The number of hydrogen-bond acceptors (Lipinski definition) is 7. The summed E-state index contributed by atoms with van der Waals surface area (Å²) in [6.45, 7) is 1.52. The fourth-order valence-electron chi connectivity index (χ4n) is 5.11. The van der Waals surface area contributed by atoms with Gasteiger partial charge in [-0.05, 0) is 18.9 Å². The van der Waals surface area contributed by atoms with Crippen molar-refractivity contribution in [1.29, 1.82) is 0 Å². The molecular formula is C23H24FN5O4. The number of nitrogens with zero attached hydrogens (tertiary/aromatic N) is 3. The van der Waals surface area contributed by atoms with E-state index in [0.717, 1.165) is 12.8 Å². The lowest BCUT2D eigenvalue weighted by Crippen LogP contribution is -2.47. The van der Waals surface area contributed by atoms with Crippen LogP contribution < -0.4 is 15.8 Å². The number of rotatable bonds is 5. The van der Waals surface area contributed by atoms with Gasteiger partial charge in [0.05, 0.1) is 18.0 Å². The molecule has 3 fully saturated rings. The fraction of sp³-hybridized carbons (Fsp3) is 0.435. The minimum atomic E-state index is -0.488. The summed E-state index contributed by atoms with van der Waals surface area (Å²) in [6, 6.07) is 5.12. The molecule has 1 aliphatic carbocycles. The molecule has 2 aliphatic heterocycles. The summed E-state index contributed by atoms with van der Waals surface area (Å²) in [6.07, 6.45) is 6.06. The van der Waals surface area contributed by atoms with Gasteiger partial charge in [-0.2, -0.15) is 0 Å². The molecular weight excluding hydrogens is 429 g/mol. The maximum absolute atomic E-state index is 15.6. The highest BCUT2D eigenvalue weighted by Crippen LogP contribution is 2.48. The molecule has 172 valence electrons. The first-order chi connectivity index (χ1) is 16.0. The van der Waals surface area contributed by atoms with Crippen LogP contribution in [0, 0.1) is 5.82 Å². The normalized spacial score (nSPS) is 26.4. The molecule has 1 amide bonds. The minimum Gasteiger partial charge on any atom is -0.488 e. The number of anilines is 1. The van der Waals surface area contributed by atoms with Gasteiger partial charge in [-0.15, -0.1) is 0 Å². The van der Waals surface area contributed by atoms with Gasteiger partial charge >= 0.3 is 6.09 Å². The van der Waals surface area contributed by atoms with Crippen molar-refractivity contribution in [2.45, 2.75) is 43.4 Å². The van der Waals surface area contributed by atoms with E-state index >= 15 is 4.39 Å². The van der Waals surface area contributed by atoms with Crippen molar-refractivity contribution >= 4 is 22.9 Å². The van der Waals surface area contributed by atoms with Gasteiger partial charge in [-0.1, -0.05) is 12.1 Å². The maximum Gasteiger partial charge on any atom is 0.407 e. The molecule has 1 spiro atoms. The fourth-order valence-corrected chi connectivity index (χ4v) is 5.11. The lowest BCUT2D eigenvalue weighted by Gasteiger charge is -2.43. The molecule has 3 aliphatic rings. The Balaban J connectivity index is 1.35. The number of nitrogens with two attached hydrogens (primary N) is 1. The number of ether oxygens (including phenoxy) is 3. The van der Waals surface area contributed by atoms with Crippen LogP contribution in [0.5, 0.6) is 5.75 Å². The zero-order valence-corrected chi connectivity index (χ0v) is 17.9. The summed E-state index contributed by atoms with van der Waals surface area (Å²) < 4.78 is 34.3. The quantitative estimate of drug-likeness (QED) is 0.610. The van der Waals surface area contributed by atoms with Crippen LogP contribution in [0.1, 0.15) is 31.7 Å². The van der Waals surface area contributed by atoms with Crippen LogP contribution in [-0.2, 0) is 9.47 Å². The highest BCUT2D eigenvalue weighted by Gasteiger charge is 2.52. The number of benzene rings is 1. The number of halogens is 1. The molecule has 4 heterocycles. The molecule has 1 saturated carbocycles. The van der Waals surface area contributed by atoms with Crippen LogP contribution in [0.15, 0.2) is 30.7 Å². The summed E-state index contributed by atoms with van der Waals surface area (Å²) in [7, 11) is 0. The number of carbonyl (C=O) groups is 1. The number of aromatic nitrogens is 3. The van der Waals surface area contributed by atoms with Crippen molar-refractivity contribution < 1.29 is 23.4 Å². The summed E-state index contributed by atoms with van der Waals surface area (Å²) in [4.78, 5) is 20.1. The second kappa shape index (κ2) is 7.58. The molecule has 10 heteroatoms. The standard InChI is InChI=1S/C23H24FN5O4/c24-19-15(4-1-5-17(19)32-10-14-3-2-6-31-14)16-9-29(21-18(16)20(25)27-12-28-21)13-7-23(8-13)11-26-22(30)33-23/h1,4-5,9,12-14H,2-3,6-8,10-11H2,(H,26,30)(H2,25,27,28). The lowest BCUT2D eigenvalue weighted by atomic mass is 9.75. The molecule has 1 unspecified atom stereocenters. The summed E-state index contributed by atoms with van der Waals surface area (Å²) >= 11 is 0. The van der Waals surface area contributed by atoms with Crippen molar-refractivity contribution in [1.82, 2.24) is 19.9 Å². The molecule has 9 nitrogen and oxygen atoms in total. The molecule has 2 saturated heterocycles. The van der Waals surface area contributed by atoms with E-state index in [0.29, 0.717) is 54.8 Å². The Hall–Kier alpha value is -3.40. The lowest BCUT2D eigenvalue weighted by molar-refractivity contribution is -0.0395. The number of alkyl carbamates (subject to hydrolysis) is 1. The van der Waals surface area contributed by atoms with Crippen LogP contribution in [0.2, 0.25) is 0 Å². The molecule has 0 radical (unpaired) electrons. The largest absolute Gasteiger partial charge is 0.488 e. The van der Waals surface area contributed by atoms with Crippen molar-refractivity contribution in [3.8, 4) is 16.9 Å². The van der Waals surface area contributed by atoms with Crippen LogP contribution in [0.4, 0.5) is 15.0 Å². The zero-order chi connectivity index (χ0) is 22.6. The van der Waals surface area contributed by atoms with E-state index in [1.807, 2.05) is 10.8 Å². The summed E-state index contributed by atoms with van der Waals surface area (Å²) in [5.41, 5.74) is 7.32. The van der Waals surface area contributed by atoms with Crippen molar-refractivity contribution in [2.24, 2.45) is 0 Å². The Kier molecular flexibility index (Phi) is 4.65. The van der Waals surface area contributed by atoms with Gasteiger partial charge < -0.3 is 29.8 Å². The number of fused-ring (bicyclic) bond motifs is 1. The van der Waals surface area contributed by atoms with Gasteiger partial charge in [0.2, 0.25) is 0 Å². The third-order valence-corrected chi connectivity index (χ3v) is 6.81. The van der Waals surface area contributed by atoms with E-state index in [1.54, 1.807) is 18.2 Å². The Morgan fingerprint density at radius 2 is 2.18 bits per heavy atom. The SMILES string of the molecule is Nc1ncnc2c1c(-c1cccc(OCC3CCCO3)c1F)cn2C1CC2(CNC(=O)O2)C1. The predicted molar refractivity (Wildman–Crippen MR) is 117 cm³/mol. The molecule has 3 N–H and O–H groups in total. The number of hydrogen-bond donors (Lipinski definition) is 2. The highest BCUT2D eigenvalue weighted by atomic mass is 19.1. The van der Waals surface area contributed by atoms with Crippen LogP contribution in [0.25, 0.3) is 22.2 Å². The van der Waals surface area contributed by atoms with Crippen molar-refractivity contribution in [3.05, 3.63) is 36.5 Å². The average molecular weight is 453 g/mol. The highest BCUT2D eigenvalue weighted by molar-refractivity contribution is 6.01. The van der Waals surface area contributed by atoms with E-state index in [-0.39, 0.29) is 29.8 Å². The smallest absolute Gasteiger partial charge is 0.407 e. The van der Waals surface area contributed by atoms with E-state index in [4.69, 9.17) is 19.9 Å². The average Bonchev–Trinajstić information content (AvgIpc) is 3.51. The van der Waals surface area contributed by atoms with Gasteiger partial charge in [0.15, 0.2) is 11.6 Å². The minimum absolute atomic E-state index is 0.0101. The predicted octanol–water partition coefficient (Wildman–Crippen LogP) is 3.19. The Labute approximate surface area is 189 Å². The van der Waals surface area contributed by atoms with E-state index in [2.05, 4.69) is 15.3 Å². The Morgan fingerprint density at radius 3 is 2.94 bits per heavy atom. The number of nitrogen functional groups attached to an aromatic ring is 1. The van der Waals surface area contributed by atoms with E-state index in [1.165, 1.54) is 6.33 Å². The van der Waals surface area contributed by atoms with Gasteiger partial charge in [0.1, 0.15) is 30.0 Å². The first kappa shape index (κ1) is 20.2. The second-order valence-corrected chi connectivity index (χ2v) is 8.96. The van der Waals surface area contributed by atoms with Gasteiger partial charge in [-0.3, -0.25) is 0 Å². The Bertz CT molecular complexity index is 1230. The summed E-state index contributed by atoms with van der Waals surface area (Å²) in [5, 5.41) is 3.31. The van der Waals surface area contributed by atoms with Gasteiger partial charge in [-0.25, -0.2) is 19.2 Å². The van der Waals surface area contributed by atoms with Gasteiger partial charge in [0.25, 0.3) is 0 Å². The molecule has 1 atom stereocenters. The molecule has 2 aromatic heterocycles. The zero-order valence-electron chi connectivity index (χ0n) is 17.9. The number of amides is 1. The molecule has 1 aromatic carbocycles. The van der Waals surface area contributed by atoms with E-state index < -0.39 is 11.4 Å². The van der Waals surface area contributed by atoms with E-state index in [9.17, 15) is 4.79 Å². The molecule has 33 heavy (non-hydrogen) atoms. The monoisotopic (exact) mass is 453 g/mol. The Morgan fingerprint density at radius 1 is 1.30 bits per heavy atom. The van der Waals surface area contributed by atoms with Crippen molar-refractivity contribution in [2.75, 3.05) is 25.5 Å². The first-order valence-corrected chi connectivity index (χ1v) is 11.1. The van der Waals surface area contributed by atoms with Crippen LogP contribution in [0.3, 0.4) is 0 Å². The molecule has 6 rings (SSSR count). The maximum atomic E-state index is 15.6. The third-order valence-electron chi connectivity index (χ3n) is 6.81. The molecule has 3 aromatic rings. The first-order valence-electron chi connectivity index (χ1n) is 11.1. The number of carbonyl (C=O) groups excluding carboxylic acids is 1. The number of nitrogens with one attached hydrogen (secondary N) is 1. The van der Waals surface area contributed by atoms with Crippen LogP contribution in [-0.4, -0.2) is 52.1 Å². The van der Waals surface area contributed by atoms with Crippen LogP contribution >= 0.6 is 0 Å². The molecule has 0 bridgehead atoms. The topological polar surface area (TPSA) is 114 Å².